The smallest absolute Gasteiger partial charge is 0.191 e. The van der Waals surface area contributed by atoms with E-state index in [1.807, 2.05) is 0 Å². The van der Waals surface area contributed by atoms with Gasteiger partial charge < -0.3 is 20.3 Å². The van der Waals surface area contributed by atoms with E-state index >= 15 is 0 Å². The van der Waals surface area contributed by atoms with Crippen LogP contribution in [0, 0.1) is 0 Å². The molecule has 1 fully saturated rings. The van der Waals surface area contributed by atoms with Gasteiger partial charge in [-0.05, 0) is 25.4 Å². The Morgan fingerprint density at radius 2 is 2.30 bits per heavy atom. The van der Waals surface area contributed by atoms with Crippen molar-refractivity contribution >= 4 is 17.3 Å². The van der Waals surface area contributed by atoms with Crippen molar-refractivity contribution in [2.24, 2.45) is 4.99 Å². The molecule has 23 heavy (non-hydrogen) atoms. The van der Waals surface area contributed by atoms with Crippen molar-refractivity contribution in [1.29, 1.82) is 0 Å². The predicted octanol–water partition coefficient (Wildman–Crippen LogP) is 1.91. The highest BCUT2D eigenvalue weighted by atomic mass is 32.1. The third kappa shape index (κ3) is 5.79. The van der Waals surface area contributed by atoms with Crippen LogP contribution in [0.1, 0.15) is 25.6 Å². The lowest BCUT2D eigenvalue weighted by atomic mass is 9.92. The largest absolute Gasteiger partial charge is 0.374 e. The lowest BCUT2D eigenvalue weighted by Crippen LogP contribution is -2.48. The number of rotatable bonds is 6. The number of nitrogens with one attached hydrogen (secondary N) is 2. The first kappa shape index (κ1) is 18.2. The fraction of sp³-hybridized carbons (Fsp3) is 0.706. The average molecular weight is 339 g/mol. The predicted molar refractivity (Wildman–Crippen MR) is 98.6 cm³/mol. The fourth-order valence-electron chi connectivity index (χ4n) is 2.56. The Kier molecular flexibility index (Phi) is 6.87. The minimum Gasteiger partial charge on any atom is -0.374 e. The number of ether oxygens (including phenoxy) is 1. The number of hydrogen-bond donors (Lipinski definition) is 2. The van der Waals surface area contributed by atoms with E-state index in [0.29, 0.717) is 0 Å². The van der Waals surface area contributed by atoms with Crippen molar-refractivity contribution in [2.45, 2.75) is 32.3 Å². The summed E-state index contributed by atoms with van der Waals surface area (Å²) in [7, 11) is 2.14. The maximum absolute atomic E-state index is 5.80. The van der Waals surface area contributed by atoms with Gasteiger partial charge in [0.15, 0.2) is 5.96 Å². The van der Waals surface area contributed by atoms with E-state index < -0.39 is 0 Å². The Morgan fingerprint density at radius 1 is 1.48 bits per heavy atom. The zero-order chi connectivity index (χ0) is 16.7. The quantitative estimate of drug-likeness (QED) is 0.614. The molecule has 5 nitrogen and oxygen atoms in total. The van der Waals surface area contributed by atoms with Crippen LogP contribution in [0.4, 0.5) is 0 Å². The molecule has 6 heteroatoms. The van der Waals surface area contributed by atoms with Crippen LogP contribution in [0.3, 0.4) is 0 Å². The number of aliphatic imine (C=N–C) groups is 1. The van der Waals surface area contributed by atoms with Crippen LogP contribution < -0.4 is 10.6 Å². The molecule has 130 valence electrons. The number of morpholine rings is 1. The van der Waals surface area contributed by atoms with Crippen molar-refractivity contribution in [3.8, 4) is 0 Å². The molecule has 0 aliphatic carbocycles. The standard InChI is InChI=1S/C17H30N4OS/c1-5-18-16(19-11-14-12-21(4)8-9-22-14)20-13-17(2,3)15-7-6-10-23-15/h6-7,10,14H,5,8-9,11-13H2,1-4H3,(H2,18,19,20). The molecule has 0 bridgehead atoms. The van der Waals surface area contributed by atoms with Crippen LogP contribution >= 0.6 is 11.3 Å². The third-order valence-electron chi connectivity index (χ3n) is 4.00. The maximum Gasteiger partial charge on any atom is 0.191 e. The molecule has 1 unspecified atom stereocenters. The molecule has 2 N–H and O–H groups in total. The topological polar surface area (TPSA) is 48.9 Å². The number of nitrogens with zero attached hydrogens (tertiary/aromatic N) is 2. The molecule has 0 spiro atoms. The molecule has 1 aliphatic heterocycles. The Bertz CT molecular complexity index is 487. The van der Waals surface area contributed by atoms with Crippen LogP contribution in [-0.2, 0) is 10.2 Å². The SMILES string of the molecule is CCNC(=NCC(C)(C)c1cccs1)NCC1CN(C)CCO1. The van der Waals surface area contributed by atoms with Gasteiger partial charge in [0, 0.05) is 36.5 Å². The summed E-state index contributed by atoms with van der Waals surface area (Å²) in [6.45, 7) is 11.8. The number of hydrogen-bond acceptors (Lipinski definition) is 4. The molecular weight excluding hydrogens is 308 g/mol. The van der Waals surface area contributed by atoms with E-state index in [0.717, 1.165) is 45.3 Å². The van der Waals surface area contributed by atoms with Crippen LogP contribution in [-0.4, -0.2) is 63.3 Å². The van der Waals surface area contributed by atoms with Crippen molar-refractivity contribution in [3.63, 3.8) is 0 Å². The lowest BCUT2D eigenvalue weighted by Gasteiger charge is -2.30. The summed E-state index contributed by atoms with van der Waals surface area (Å²) in [6, 6.07) is 4.29. The van der Waals surface area contributed by atoms with E-state index in [1.165, 1.54) is 4.88 Å². The normalized spacial score (nSPS) is 20.5. The summed E-state index contributed by atoms with van der Waals surface area (Å²) in [5.74, 6) is 0.869. The molecule has 2 heterocycles. The summed E-state index contributed by atoms with van der Waals surface area (Å²) >= 11 is 1.80. The molecule has 1 aromatic heterocycles. The van der Waals surface area contributed by atoms with Gasteiger partial charge in [0.2, 0.25) is 0 Å². The second kappa shape index (κ2) is 8.66. The Hall–Kier alpha value is -1.11. The summed E-state index contributed by atoms with van der Waals surface area (Å²) in [5.41, 5.74) is 0.0536. The van der Waals surface area contributed by atoms with Gasteiger partial charge in [-0.2, -0.15) is 0 Å². The van der Waals surface area contributed by atoms with Crippen molar-refractivity contribution in [1.82, 2.24) is 15.5 Å². The molecule has 1 atom stereocenters. The van der Waals surface area contributed by atoms with Crippen molar-refractivity contribution in [2.75, 3.05) is 46.4 Å². The number of thiophene rings is 1. The molecule has 1 aromatic rings. The second-order valence-electron chi connectivity index (χ2n) is 6.69. The Balaban J connectivity index is 1.89. The van der Waals surface area contributed by atoms with E-state index in [4.69, 9.17) is 9.73 Å². The highest BCUT2D eigenvalue weighted by Gasteiger charge is 2.22. The molecule has 1 saturated heterocycles. The van der Waals surface area contributed by atoms with Gasteiger partial charge in [-0.25, -0.2) is 0 Å². The minimum atomic E-state index is 0.0536. The highest BCUT2D eigenvalue weighted by Crippen LogP contribution is 2.27. The summed E-state index contributed by atoms with van der Waals surface area (Å²) < 4.78 is 5.80. The summed E-state index contributed by atoms with van der Waals surface area (Å²) in [6.07, 6.45) is 0.225. The Labute approximate surface area is 144 Å². The van der Waals surface area contributed by atoms with Crippen molar-refractivity contribution < 1.29 is 4.74 Å². The molecule has 0 aromatic carbocycles. The molecule has 0 amide bonds. The van der Waals surface area contributed by atoms with Gasteiger partial charge in [-0.15, -0.1) is 11.3 Å². The van der Waals surface area contributed by atoms with Crippen LogP contribution in [0.2, 0.25) is 0 Å². The molecule has 1 aliphatic rings. The Morgan fingerprint density at radius 3 is 2.96 bits per heavy atom. The molecular formula is C17H30N4OS. The van der Waals surface area contributed by atoms with E-state index in [-0.39, 0.29) is 11.5 Å². The van der Waals surface area contributed by atoms with Gasteiger partial charge >= 0.3 is 0 Å². The van der Waals surface area contributed by atoms with Gasteiger partial charge in [0.25, 0.3) is 0 Å². The van der Waals surface area contributed by atoms with Gasteiger partial charge in [-0.3, -0.25) is 4.99 Å². The zero-order valence-corrected chi connectivity index (χ0v) is 15.6. The van der Waals surface area contributed by atoms with Crippen LogP contribution in [0.25, 0.3) is 0 Å². The van der Waals surface area contributed by atoms with Gasteiger partial charge in [-0.1, -0.05) is 19.9 Å². The van der Waals surface area contributed by atoms with Crippen LogP contribution in [0.5, 0.6) is 0 Å². The van der Waals surface area contributed by atoms with Crippen LogP contribution in [0.15, 0.2) is 22.5 Å². The number of likely N-dealkylation sites (N-methyl/N-ethyl adjacent to an activating group) is 1. The van der Waals surface area contributed by atoms with E-state index in [9.17, 15) is 0 Å². The van der Waals surface area contributed by atoms with E-state index in [1.54, 1.807) is 11.3 Å². The first-order valence-corrected chi connectivity index (χ1v) is 9.25. The lowest BCUT2D eigenvalue weighted by molar-refractivity contribution is -0.0161. The van der Waals surface area contributed by atoms with Gasteiger partial charge in [0.05, 0.1) is 19.3 Å². The monoisotopic (exact) mass is 338 g/mol. The average Bonchev–Trinajstić information content (AvgIpc) is 3.05. The molecule has 0 saturated carbocycles. The van der Waals surface area contributed by atoms with E-state index in [2.05, 4.69) is 60.9 Å². The highest BCUT2D eigenvalue weighted by molar-refractivity contribution is 7.10. The molecule has 2 rings (SSSR count). The first-order valence-electron chi connectivity index (χ1n) is 8.37. The van der Waals surface area contributed by atoms with Gasteiger partial charge in [0.1, 0.15) is 0 Å². The fourth-order valence-corrected chi connectivity index (χ4v) is 3.41. The maximum atomic E-state index is 5.80. The third-order valence-corrected chi connectivity index (χ3v) is 5.24. The molecule has 0 radical (unpaired) electrons. The summed E-state index contributed by atoms with van der Waals surface area (Å²) in [4.78, 5) is 8.45. The summed E-state index contributed by atoms with van der Waals surface area (Å²) in [5, 5.41) is 8.87. The van der Waals surface area contributed by atoms with Crippen molar-refractivity contribution in [3.05, 3.63) is 22.4 Å². The minimum absolute atomic E-state index is 0.0536. The second-order valence-corrected chi connectivity index (χ2v) is 7.64. The zero-order valence-electron chi connectivity index (χ0n) is 14.8. The number of guanidine groups is 1. The first-order chi connectivity index (χ1) is 11.0.